The zero-order chi connectivity index (χ0) is 22.6. The maximum atomic E-state index is 13.1. The minimum atomic E-state index is -3.57. The van der Waals surface area contributed by atoms with Crippen molar-refractivity contribution in [1.82, 2.24) is 9.88 Å². The first-order valence-corrected chi connectivity index (χ1v) is 12.4. The minimum absolute atomic E-state index is 0.0625. The Labute approximate surface area is 186 Å². The number of aromatic nitrogens is 1. The topological polar surface area (TPSA) is 70.6 Å². The second-order valence-corrected chi connectivity index (χ2v) is 10.8. The quantitative estimate of drug-likeness (QED) is 0.450. The Kier molecular flexibility index (Phi) is 7.40. The summed E-state index contributed by atoms with van der Waals surface area (Å²) in [5.41, 5.74) is 1.93. The van der Waals surface area contributed by atoms with Crippen LogP contribution in [0.2, 0.25) is 0 Å². The molecule has 1 amide bonds. The van der Waals surface area contributed by atoms with E-state index in [0.29, 0.717) is 18.2 Å². The number of sulfone groups is 1. The molecule has 1 aromatic heterocycles. The highest BCUT2D eigenvalue weighted by Crippen LogP contribution is 2.31. The molecule has 0 unspecified atom stereocenters. The van der Waals surface area contributed by atoms with Gasteiger partial charge >= 0.3 is 0 Å². The molecule has 6 nitrogen and oxygen atoms in total. The van der Waals surface area contributed by atoms with E-state index in [2.05, 4.69) is 4.98 Å². The first kappa shape index (κ1) is 23.3. The summed E-state index contributed by atoms with van der Waals surface area (Å²) in [6, 6.07) is 10.7. The third-order valence-corrected chi connectivity index (χ3v) is 7.75. The van der Waals surface area contributed by atoms with Gasteiger partial charge in [-0.2, -0.15) is 0 Å². The molecule has 3 rings (SSSR count). The van der Waals surface area contributed by atoms with Crippen molar-refractivity contribution in [2.45, 2.75) is 24.7 Å². The standard InChI is InChI=1S/C22H26FN3O3S2/c1-16-6-4-7-19-21(16)24-22(30-19)26(14-13-25(2)3)20(27)8-5-15-31(28,29)18-11-9-17(23)10-12-18/h4,6-7,9-12H,5,8,13-15H2,1-3H3. The van der Waals surface area contributed by atoms with E-state index in [1.807, 2.05) is 44.1 Å². The lowest BCUT2D eigenvalue weighted by Crippen LogP contribution is -2.36. The monoisotopic (exact) mass is 463 g/mol. The summed E-state index contributed by atoms with van der Waals surface area (Å²) in [6.45, 7) is 3.11. The number of thiazole rings is 1. The number of rotatable bonds is 9. The predicted molar refractivity (Wildman–Crippen MR) is 123 cm³/mol. The molecule has 3 aromatic rings. The Hall–Kier alpha value is -2.36. The maximum Gasteiger partial charge on any atom is 0.228 e. The fourth-order valence-corrected chi connectivity index (χ4v) is 5.52. The molecule has 0 spiro atoms. The first-order chi connectivity index (χ1) is 14.7. The highest BCUT2D eigenvalue weighted by Gasteiger charge is 2.22. The van der Waals surface area contributed by atoms with E-state index >= 15 is 0 Å². The second-order valence-electron chi connectivity index (χ2n) is 7.64. The number of anilines is 1. The van der Waals surface area contributed by atoms with E-state index in [1.54, 1.807) is 4.90 Å². The molecule has 0 fully saturated rings. The molecule has 166 valence electrons. The van der Waals surface area contributed by atoms with Crippen LogP contribution in [-0.2, 0) is 14.6 Å². The van der Waals surface area contributed by atoms with E-state index in [9.17, 15) is 17.6 Å². The van der Waals surface area contributed by atoms with Gasteiger partial charge in [-0.25, -0.2) is 17.8 Å². The van der Waals surface area contributed by atoms with E-state index in [1.165, 1.54) is 23.5 Å². The molecule has 0 N–H and O–H groups in total. The van der Waals surface area contributed by atoms with Gasteiger partial charge in [0.05, 0.1) is 20.9 Å². The van der Waals surface area contributed by atoms with Crippen LogP contribution in [0.15, 0.2) is 47.4 Å². The van der Waals surface area contributed by atoms with Gasteiger partial charge < -0.3 is 4.90 Å². The summed E-state index contributed by atoms with van der Waals surface area (Å²) >= 11 is 1.46. The van der Waals surface area contributed by atoms with Crippen LogP contribution in [-0.4, -0.2) is 57.1 Å². The van der Waals surface area contributed by atoms with E-state index in [-0.39, 0.29) is 29.4 Å². The van der Waals surface area contributed by atoms with Crippen LogP contribution in [0.1, 0.15) is 18.4 Å². The third-order valence-electron chi connectivity index (χ3n) is 4.89. The SMILES string of the molecule is Cc1cccc2sc(N(CCN(C)C)C(=O)CCCS(=O)(=O)c3ccc(F)cc3)nc12. The fraction of sp³-hybridized carbons (Fsp3) is 0.364. The number of benzene rings is 2. The summed E-state index contributed by atoms with van der Waals surface area (Å²) in [7, 11) is 0.288. The first-order valence-electron chi connectivity index (χ1n) is 9.97. The number of carbonyl (C=O) groups excluding carboxylic acids is 1. The molecule has 0 aliphatic rings. The Morgan fingerprint density at radius 3 is 2.45 bits per heavy atom. The van der Waals surface area contributed by atoms with Gasteiger partial charge in [0.2, 0.25) is 5.91 Å². The fourth-order valence-electron chi connectivity index (χ4n) is 3.13. The van der Waals surface area contributed by atoms with E-state index in [0.717, 1.165) is 27.9 Å². The number of halogens is 1. The molecule has 0 radical (unpaired) electrons. The van der Waals surface area contributed by atoms with Crippen LogP contribution >= 0.6 is 11.3 Å². The lowest BCUT2D eigenvalue weighted by atomic mass is 10.2. The molecule has 9 heteroatoms. The number of amides is 1. The lowest BCUT2D eigenvalue weighted by Gasteiger charge is -2.22. The molecular weight excluding hydrogens is 437 g/mol. The van der Waals surface area contributed by atoms with Crippen molar-refractivity contribution in [3.8, 4) is 0 Å². The van der Waals surface area contributed by atoms with Gasteiger partial charge in [-0.15, -0.1) is 0 Å². The molecule has 0 bridgehead atoms. The Morgan fingerprint density at radius 1 is 1.10 bits per heavy atom. The highest BCUT2D eigenvalue weighted by molar-refractivity contribution is 7.91. The number of fused-ring (bicyclic) bond motifs is 1. The summed E-state index contributed by atoms with van der Waals surface area (Å²) in [5, 5.41) is 0.623. The average Bonchev–Trinajstić information content (AvgIpc) is 3.13. The van der Waals surface area contributed by atoms with Crippen LogP contribution in [0.25, 0.3) is 10.2 Å². The van der Waals surface area contributed by atoms with Crippen molar-refractivity contribution in [3.63, 3.8) is 0 Å². The number of likely N-dealkylation sites (N-methyl/N-ethyl adjacent to an activating group) is 1. The molecular formula is C22H26FN3O3S2. The predicted octanol–water partition coefficient (Wildman–Crippen LogP) is 3.89. The Bertz CT molecular complexity index is 1160. The number of nitrogens with zero attached hydrogens (tertiary/aromatic N) is 3. The summed E-state index contributed by atoms with van der Waals surface area (Å²) < 4.78 is 39.0. The minimum Gasteiger partial charge on any atom is -0.308 e. The molecule has 1 heterocycles. The van der Waals surface area contributed by atoms with Gasteiger partial charge in [-0.3, -0.25) is 9.69 Å². The van der Waals surface area contributed by atoms with E-state index < -0.39 is 15.7 Å². The van der Waals surface area contributed by atoms with Crippen LogP contribution in [0.4, 0.5) is 9.52 Å². The van der Waals surface area contributed by atoms with Gasteiger partial charge in [0.15, 0.2) is 15.0 Å². The van der Waals surface area contributed by atoms with E-state index in [4.69, 9.17) is 0 Å². The van der Waals surface area contributed by atoms with Crippen LogP contribution in [0, 0.1) is 12.7 Å². The largest absolute Gasteiger partial charge is 0.308 e. The van der Waals surface area contributed by atoms with Gasteiger partial charge in [0.1, 0.15) is 5.82 Å². The van der Waals surface area contributed by atoms with Gasteiger partial charge in [-0.05, 0) is 63.3 Å². The molecule has 31 heavy (non-hydrogen) atoms. The van der Waals surface area contributed by atoms with Crippen molar-refractivity contribution in [1.29, 1.82) is 0 Å². The summed E-state index contributed by atoms with van der Waals surface area (Å²) in [4.78, 5) is 21.4. The number of para-hydroxylation sites is 1. The average molecular weight is 464 g/mol. The van der Waals surface area contributed by atoms with Gasteiger partial charge in [0.25, 0.3) is 0 Å². The lowest BCUT2D eigenvalue weighted by molar-refractivity contribution is -0.118. The van der Waals surface area contributed by atoms with Crippen molar-refractivity contribution >= 4 is 42.4 Å². The van der Waals surface area contributed by atoms with Crippen molar-refractivity contribution in [2.75, 3.05) is 37.8 Å². The second kappa shape index (κ2) is 9.84. The van der Waals surface area contributed by atoms with Crippen LogP contribution in [0.3, 0.4) is 0 Å². The summed E-state index contributed by atoms with van der Waals surface area (Å²) in [6.07, 6.45) is 0.268. The molecule has 0 saturated carbocycles. The number of hydrogen-bond donors (Lipinski definition) is 0. The molecule has 0 aliphatic carbocycles. The van der Waals surface area contributed by atoms with Crippen LogP contribution in [0.5, 0.6) is 0 Å². The van der Waals surface area contributed by atoms with Crippen molar-refractivity contribution in [2.24, 2.45) is 0 Å². The zero-order valence-corrected chi connectivity index (χ0v) is 19.5. The Morgan fingerprint density at radius 2 is 1.81 bits per heavy atom. The molecule has 0 saturated heterocycles. The molecule has 0 atom stereocenters. The normalized spacial score (nSPS) is 11.9. The van der Waals surface area contributed by atoms with Gasteiger partial charge in [0, 0.05) is 19.5 Å². The van der Waals surface area contributed by atoms with Crippen LogP contribution < -0.4 is 4.90 Å². The van der Waals surface area contributed by atoms with Crippen molar-refractivity contribution in [3.05, 3.63) is 53.8 Å². The zero-order valence-electron chi connectivity index (χ0n) is 17.8. The van der Waals surface area contributed by atoms with Gasteiger partial charge in [-0.1, -0.05) is 23.5 Å². The Balaban J connectivity index is 1.72. The highest BCUT2D eigenvalue weighted by atomic mass is 32.2. The smallest absolute Gasteiger partial charge is 0.228 e. The number of aryl methyl sites for hydroxylation is 1. The molecule has 2 aromatic carbocycles. The molecule has 0 aliphatic heterocycles. The number of carbonyl (C=O) groups is 1. The third kappa shape index (κ3) is 5.87. The summed E-state index contributed by atoms with van der Waals surface area (Å²) in [5.74, 6) is -0.824. The van der Waals surface area contributed by atoms with Crippen molar-refractivity contribution < 1.29 is 17.6 Å². The maximum absolute atomic E-state index is 13.1. The number of hydrogen-bond acceptors (Lipinski definition) is 6.